The van der Waals surface area contributed by atoms with Gasteiger partial charge in [-0.3, -0.25) is 0 Å². The number of benzene rings is 1. The minimum absolute atomic E-state index is 0.0820. The fourth-order valence-corrected chi connectivity index (χ4v) is 5.90. The third kappa shape index (κ3) is 5.18. The molecule has 0 aliphatic heterocycles. The molecule has 0 radical (unpaired) electrons. The zero-order valence-corrected chi connectivity index (χ0v) is 18.1. The van der Waals surface area contributed by atoms with Crippen molar-refractivity contribution in [2.75, 3.05) is 0 Å². The van der Waals surface area contributed by atoms with E-state index in [1.807, 2.05) is 0 Å². The van der Waals surface area contributed by atoms with Crippen molar-refractivity contribution in [1.29, 1.82) is 0 Å². The minimum atomic E-state index is -3.53. The number of hydrogen-bond donors (Lipinski definition) is 0. The molecule has 0 nitrogen and oxygen atoms in total. The molecule has 0 heterocycles. The van der Waals surface area contributed by atoms with Crippen molar-refractivity contribution in [1.82, 2.24) is 0 Å². The lowest BCUT2D eigenvalue weighted by Gasteiger charge is -2.38. The molecule has 0 aromatic heterocycles. The van der Waals surface area contributed by atoms with Gasteiger partial charge < -0.3 is 0 Å². The fraction of sp³-hybridized carbons (Fsp3) is 0.727. The second-order valence-electron chi connectivity index (χ2n) is 8.54. The Kier molecular flexibility index (Phi) is 7.12. The summed E-state index contributed by atoms with van der Waals surface area (Å²) in [7, 11) is 0. The van der Waals surface area contributed by atoms with Gasteiger partial charge in [-0.05, 0) is 79.9 Å². The van der Waals surface area contributed by atoms with Crippen molar-refractivity contribution in [2.24, 2.45) is 17.8 Å². The number of hydrogen-bond acceptors (Lipinski definition) is 0. The Bertz CT molecular complexity index is 601. The Hall–Kier alpha value is -0.330. The van der Waals surface area contributed by atoms with E-state index in [0.717, 1.165) is 78.2 Å². The van der Waals surface area contributed by atoms with Crippen LogP contribution in [-0.4, -0.2) is 0 Å². The number of rotatable bonds is 5. The Balaban J connectivity index is 1.58. The highest BCUT2D eigenvalue weighted by Crippen LogP contribution is 2.45. The van der Waals surface area contributed by atoms with Crippen LogP contribution in [0.3, 0.4) is 0 Å². The zero-order chi connectivity index (χ0) is 19.6. The van der Waals surface area contributed by atoms with Gasteiger partial charge in [-0.15, -0.1) is 0 Å². The van der Waals surface area contributed by atoms with Crippen molar-refractivity contribution in [3.8, 4) is 0 Å². The molecule has 0 atom stereocenters. The summed E-state index contributed by atoms with van der Waals surface area (Å²) in [6, 6.07) is 2.26. The van der Waals surface area contributed by atoms with Crippen LogP contribution in [0.15, 0.2) is 12.1 Å². The monoisotopic (exact) mass is 496 g/mol. The molecule has 152 valence electrons. The van der Waals surface area contributed by atoms with Crippen LogP contribution in [0.4, 0.5) is 17.6 Å². The molecule has 2 aliphatic carbocycles. The van der Waals surface area contributed by atoms with Crippen molar-refractivity contribution in [3.63, 3.8) is 0 Å². The SMILES string of the molecule is CCCC1CCC(C2CCC(c3cc(F)c(C(F)(F)I)c(F)c3)CC2)CC1. The summed E-state index contributed by atoms with van der Waals surface area (Å²) in [4.78, 5) is 0. The van der Waals surface area contributed by atoms with Gasteiger partial charge in [-0.1, -0.05) is 32.6 Å². The van der Waals surface area contributed by atoms with Crippen LogP contribution in [0.25, 0.3) is 0 Å². The van der Waals surface area contributed by atoms with Crippen molar-refractivity contribution < 1.29 is 17.6 Å². The van der Waals surface area contributed by atoms with Gasteiger partial charge in [0.05, 0.1) is 0 Å². The first-order chi connectivity index (χ1) is 12.8. The first-order valence-corrected chi connectivity index (χ1v) is 11.4. The van der Waals surface area contributed by atoms with Gasteiger partial charge in [0.1, 0.15) is 17.2 Å². The summed E-state index contributed by atoms with van der Waals surface area (Å²) in [5.41, 5.74) is -0.580. The topological polar surface area (TPSA) is 0 Å². The average molecular weight is 496 g/mol. The van der Waals surface area contributed by atoms with E-state index in [4.69, 9.17) is 0 Å². The first-order valence-electron chi connectivity index (χ1n) is 10.4. The van der Waals surface area contributed by atoms with E-state index in [9.17, 15) is 17.6 Å². The molecule has 2 fully saturated rings. The van der Waals surface area contributed by atoms with Crippen molar-refractivity contribution in [2.45, 2.75) is 81.0 Å². The standard InChI is InChI=1S/C22H29F4I/c1-2-3-14-4-6-15(7-5-14)16-8-10-17(11-9-16)18-12-19(23)21(20(24)13-18)22(25,26)27/h12-17H,2-11H2,1H3. The molecule has 0 N–H and O–H groups in total. The molecule has 0 bridgehead atoms. The maximum absolute atomic E-state index is 14.1. The van der Waals surface area contributed by atoms with Crippen LogP contribution >= 0.6 is 22.6 Å². The van der Waals surface area contributed by atoms with Crippen LogP contribution in [0.2, 0.25) is 0 Å². The Morgan fingerprint density at radius 2 is 1.37 bits per heavy atom. The summed E-state index contributed by atoms with van der Waals surface area (Å²) in [5, 5.41) is 0. The maximum Gasteiger partial charge on any atom is 0.327 e. The summed E-state index contributed by atoms with van der Waals surface area (Å²) < 4.78 is 51.5. The lowest BCUT2D eigenvalue weighted by molar-refractivity contribution is 0.117. The van der Waals surface area contributed by atoms with E-state index in [-0.39, 0.29) is 5.92 Å². The fourth-order valence-electron chi connectivity index (χ4n) is 5.38. The summed E-state index contributed by atoms with van der Waals surface area (Å²) in [6.45, 7) is 2.26. The lowest BCUT2D eigenvalue weighted by Crippen LogP contribution is -2.25. The Labute approximate surface area is 173 Å². The molecule has 0 unspecified atom stereocenters. The molecule has 0 saturated heterocycles. The van der Waals surface area contributed by atoms with Crippen LogP contribution in [0, 0.1) is 29.4 Å². The Morgan fingerprint density at radius 3 is 1.81 bits per heavy atom. The lowest BCUT2D eigenvalue weighted by atomic mass is 9.68. The Morgan fingerprint density at radius 1 is 0.889 bits per heavy atom. The van der Waals surface area contributed by atoms with Crippen LogP contribution in [-0.2, 0) is 3.93 Å². The third-order valence-electron chi connectivity index (χ3n) is 6.85. The highest BCUT2D eigenvalue weighted by molar-refractivity contribution is 14.1. The van der Waals surface area contributed by atoms with Gasteiger partial charge in [0.2, 0.25) is 0 Å². The second kappa shape index (κ2) is 9.00. The van der Waals surface area contributed by atoms with E-state index >= 15 is 0 Å². The van der Waals surface area contributed by atoms with Gasteiger partial charge in [-0.25, -0.2) is 8.78 Å². The summed E-state index contributed by atoms with van der Waals surface area (Å²) >= 11 is 0.780. The van der Waals surface area contributed by atoms with Gasteiger partial charge >= 0.3 is 3.93 Å². The van der Waals surface area contributed by atoms with Crippen molar-refractivity contribution >= 4 is 22.6 Å². The highest BCUT2D eigenvalue weighted by atomic mass is 127. The van der Waals surface area contributed by atoms with Gasteiger partial charge in [0, 0.05) is 22.6 Å². The van der Waals surface area contributed by atoms with E-state index in [1.165, 1.54) is 38.5 Å². The van der Waals surface area contributed by atoms with Crippen LogP contribution in [0.5, 0.6) is 0 Å². The smallest absolute Gasteiger partial charge is 0.206 e. The van der Waals surface area contributed by atoms with Gasteiger partial charge in [-0.2, -0.15) is 8.78 Å². The predicted octanol–water partition coefficient (Wildman–Crippen LogP) is 8.33. The highest BCUT2D eigenvalue weighted by Gasteiger charge is 2.36. The van der Waals surface area contributed by atoms with E-state index in [0.29, 0.717) is 5.56 Å². The second-order valence-corrected chi connectivity index (χ2v) is 9.89. The first kappa shape index (κ1) is 21.4. The third-order valence-corrected chi connectivity index (χ3v) is 7.39. The predicted molar refractivity (Wildman–Crippen MR) is 109 cm³/mol. The minimum Gasteiger partial charge on any atom is -0.206 e. The summed E-state index contributed by atoms with van der Waals surface area (Å²) in [6.07, 6.45) is 11.9. The molecule has 0 amide bonds. The molecule has 5 heteroatoms. The number of alkyl halides is 3. The average Bonchev–Trinajstić information content (AvgIpc) is 2.61. The van der Waals surface area contributed by atoms with E-state index in [2.05, 4.69) is 6.92 Å². The maximum atomic E-state index is 14.1. The quantitative estimate of drug-likeness (QED) is 0.218. The molecule has 1 aromatic rings. The molecule has 0 spiro atoms. The number of halogens is 5. The normalized spacial score (nSPS) is 29.7. The zero-order valence-electron chi connectivity index (χ0n) is 15.9. The largest absolute Gasteiger partial charge is 0.327 e. The molecule has 3 rings (SSSR count). The van der Waals surface area contributed by atoms with E-state index in [1.54, 1.807) is 0 Å². The molecule has 2 aliphatic rings. The van der Waals surface area contributed by atoms with Crippen molar-refractivity contribution in [3.05, 3.63) is 34.9 Å². The molecule has 27 heavy (non-hydrogen) atoms. The molecule has 1 aromatic carbocycles. The van der Waals surface area contributed by atoms with Crippen LogP contribution in [0.1, 0.15) is 88.2 Å². The molecular weight excluding hydrogens is 467 g/mol. The summed E-state index contributed by atoms with van der Waals surface area (Å²) in [5.74, 6) is 0.257. The van der Waals surface area contributed by atoms with Gasteiger partial charge in [0.15, 0.2) is 0 Å². The molecular formula is C22H29F4I. The van der Waals surface area contributed by atoms with E-state index < -0.39 is 21.1 Å². The molecule has 2 saturated carbocycles. The van der Waals surface area contributed by atoms with Gasteiger partial charge in [0.25, 0.3) is 0 Å². The van der Waals surface area contributed by atoms with Crippen LogP contribution < -0.4 is 0 Å².